The summed E-state index contributed by atoms with van der Waals surface area (Å²) in [5.41, 5.74) is 3.30. The molecule has 3 rings (SSSR count). The molecule has 0 aliphatic carbocycles. The molecule has 0 bridgehead atoms. The van der Waals surface area contributed by atoms with Crippen molar-refractivity contribution in [1.82, 2.24) is 14.8 Å². The Labute approximate surface area is 163 Å². The number of ether oxygens (including phenoxy) is 1. The van der Waals surface area contributed by atoms with E-state index in [2.05, 4.69) is 15.4 Å². The van der Waals surface area contributed by atoms with Crippen LogP contribution in [0, 0.1) is 13.8 Å². The smallest absolute Gasteiger partial charge is 0.365 e. The number of aryl methyl sites for hydroxylation is 2. The minimum atomic E-state index is -0.805. The number of anilines is 1. The van der Waals surface area contributed by atoms with Crippen LogP contribution in [0.25, 0.3) is 11.3 Å². The number of methoxy groups -OCH3 is 1. The Kier molecular flexibility index (Phi) is 5.54. The van der Waals surface area contributed by atoms with Crippen LogP contribution in [0.4, 0.5) is 5.69 Å². The number of amides is 1. The molecule has 0 aliphatic heterocycles. The van der Waals surface area contributed by atoms with Crippen LogP contribution in [0.15, 0.2) is 53.5 Å². The van der Waals surface area contributed by atoms with E-state index in [-0.39, 0.29) is 5.91 Å². The van der Waals surface area contributed by atoms with Crippen molar-refractivity contribution in [1.29, 1.82) is 0 Å². The van der Waals surface area contributed by atoms with Gasteiger partial charge in [0.25, 0.3) is 0 Å². The molecule has 0 saturated carbocycles. The fourth-order valence-electron chi connectivity index (χ4n) is 2.84. The quantitative estimate of drug-likeness (QED) is 0.737. The first-order valence-corrected chi connectivity index (χ1v) is 8.87. The van der Waals surface area contributed by atoms with E-state index in [1.807, 2.05) is 38.1 Å². The van der Waals surface area contributed by atoms with Crippen molar-refractivity contribution in [2.75, 3.05) is 12.4 Å². The second kappa shape index (κ2) is 8.04. The predicted octanol–water partition coefficient (Wildman–Crippen LogP) is 3.13. The standard InChI is InChI=1S/C21H22N4O3/c1-13-8-9-18(14(2)10-13)23-20(26)15(3)25-21(27)24-19(12-22-25)16-6-5-7-17(11-16)28-4/h5-12,15H,1-4H3,(H,23,26). The lowest BCUT2D eigenvalue weighted by Gasteiger charge is -2.15. The van der Waals surface area contributed by atoms with Crippen molar-refractivity contribution in [2.24, 2.45) is 0 Å². The second-order valence-electron chi connectivity index (χ2n) is 6.58. The van der Waals surface area contributed by atoms with Crippen molar-refractivity contribution in [2.45, 2.75) is 26.8 Å². The van der Waals surface area contributed by atoms with Crippen molar-refractivity contribution in [3.8, 4) is 17.0 Å². The van der Waals surface area contributed by atoms with Crippen molar-refractivity contribution in [3.05, 3.63) is 70.3 Å². The average Bonchev–Trinajstić information content (AvgIpc) is 2.69. The van der Waals surface area contributed by atoms with Crippen molar-refractivity contribution >= 4 is 11.6 Å². The zero-order chi connectivity index (χ0) is 20.3. The van der Waals surface area contributed by atoms with Gasteiger partial charge in [0.1, 0.15) is 11.8 Å². The van der Waals surface area contributed by atoms with Gasteiger partial charge in [0.05, 0.1) is 19.0 Å². The average molecular weight is 378 g/mol. The van der Waals surface area contributed by atoms with Gasteiger partial charge in [-0.15, -0.1) is 0 Å². The summed E-state index contributed by atoms with van der Waals surface area (Å²) in [6, 6.07) is 12.1. The lowest BCUT2D eigenvalue weighted by molar-refractivity contribution is -0.119. The zero-order valence-electron chi connectivity index (χ0n) is 16.3. The third kappa shape index (κ3) is 4.09. The molecule has 1 N–H and O–H groups in total. The van der Waals surface area contributed by atoms with Gasteiger partial charge in [-0.25, -0.2) is 9.48 Å². The summed E-state index contributed by atoms with van der Waals surface area (Å²) in [6.07, 6.45) is 1.47. The topological polar surface area (TPSA) is 86.1 Å². The molecule has 1 unspecified atom stereocenters. The molecular formula is C21H22N4O3. The molecule has 144 valence electrons. The first kappa shape index (κ1) is 19.3. The van der Waals surface area contributed by atoms with Crippen LogP contribution in [-0.2, 0) is 4.79 Å². The van der Waals surface area contributed by atoms with Gasteiger partial charge in [0, 0.05) is 11.3 Å². The van der Waals surface area contributed by atoms with Gasteiger partial charge in [-0.1, -0.05) is 29.8 Å². The van der Waals surface area contributed by atoms with E-state index in [9.17, 15) is 9.59 Å². The molecule has 1 aromatic heterocycles. The molecule has 1 heterocycles. The Balaban J connectivity index is 1.82. The van der Waals surface area contributed by atoms with Gasteiger partial charge in [0.15, 0.2) is 0 Å². The number of benzene rings is 2. The molecule has 0 fully saturated rings. The second-order valence-corrected chi connectivity index (χ2v) is 6.58. The van der Waals surface area contributed by atoms with Crippen LogP contribution in [0.1, 0.15) is 24.1 Å². The normalized spacial score (nSPS) is 11.7. The Morgan fingerprint density at radius 1 is 1.18 bits per heavy atom. The molecule has 0 radical (unpaired) electrons. The number of hydrogen-bond acceptors (Lipinski definition) is 5. The minimum absolute atomic E-state index is 0.336. The molecule has 7 heteroatoms. The molecular weight excluding hydrogens is 356 g/mol. The highest BCUT2D eigenvalue weighted by atomic mass is 16.5. The van der Waals surface area contributed by atoms with E-state index in [0.29, 0.717) is 22.7 Å². The lowest BCUT2D eigenvalue weighted by Crippen LogP contribution is -2.35. The maximum Gasteiger partial charge on any atom is 0.365 e. The number of hydrogen-bond donors (Lipinski definition) is 1. The molecule has 1 amide bonds. The predicted molar refractivity (Wildman–Crippen MR) is 108 cm³/mol. The molecule has 0 saturated heterocycles. The first-order valence-electron chi connectivity index (χ1n) is 8.87. The zero-order valence-corrected chi connectivity index (χ0v) is 16.3. The van der Waals surface area contributed by atoms with Crippen LogP contribution in [0.5, 0.6) is 5.75 Å². The van der Waals surface area contributed by atoms with Gasteiger partial charge >= 0.3 is 5.69 Å². The van der Waals surface area contributed by atoms with E-state index in [1.54, 1.807) is 32.2 Å². The van der Waals surface area contributed by atoms with Gasteiger partial charge in [-0.3, -0.25) is 4.79 Å². The summed E-state index contributed by atoms with van der Waals surface area (Å²) in [5.74, 6) is 0.321. The van der Waals surface area contributed by atoms with Crippen LogP contribution < -0.4 is 15.7 Å². The van der Waals surface area contributed by atoms with Crippen LogP contribution >= 0.6 is 0 Å². The molecule has 0 spiro atoms. The summed E-state index contributed by atoms with van der Waals surface area (Å²) >= 11 is 0. The van der Waals surface area contributed by atoms with E-state index >= 15 is 0 Å². The Morgan fingerprint density at radius 3 is 2.64 bits per heavy atom. The van der Waals surface area contributed by atoms with Gasteiger partial charge in [0.2, 0.25) is 5.91 Å². The molecule has 0 aliphatic rings. The highest BCUT2D eigenvalue weighted by molar-refractivity contribution is 5.94. The van der Waals surface area contributed by atoms with Gasteiger partial charge < -0.3 is 10.1 Å². The highest BCUT2D eigenvalue weighted by Crippen LogP contribution is 2.21. The van der Waals surface area contributed by atoms with Gasteiger partial charge in [-0.2, -0.15) is 10.1 Å². The number of nitrogens with one attached hydrogen (secondary N) is 1. The largest absolute Gasteiger partial charge is 0.497 e. The number of carbonyl (C=O) groups is 1. The Morgan fingerprint density at radius 2 is 1.96 bits per heavy atom. The van der Waals surface area contributed by atoms with Crippen molar-refractivity contribution < 1.29 is 9.53 Å². The summed E-state index contributed by atoms with van der Waals surface area (Å²) in [7, 11) is 1.57. The van der Waals surface area contributed by atoms with Crippen molar-refractivity contribution in [3.63, 3.8) is 0 Å². The Hall–Kier alpha value is -3.48. The molecule has 2 aromatic carbocycles. The summed E-state index contributed by atoms with van der Waals surface area (Å²) in [6.45, 7) is 5.52. The van der Waals surface area contributed by atoms with Crippen LogP contribution in [0.2, 0.25) is 0 Å². The van der Waals surface area contributed by atoms with E-state index in [4.69, 9.17) is 4.74 Å². The SMILES string of the molecule is COc1cccc(-c2cnn(C(C)C(=O)Nc3ccc(C)cc3C)c(=O)n2)c1. The minimum Gasteiger partial charge on any atom is -0.497 e. The third-order valence-corrected chi connectivity index (χ3v) is 4.47. The summed E-state index contributed by atoms with van der Waals surface area (Å²) in [4.78, 5) is 29.1. The third-order valence-electron chi connectivity index (χ3n) is 4.47. The van der Waals surface area contributed by atoms with Gasteiger partial charge in [-0.05, 0) is 44.5 Å². The van der Waals surface area contributed by atoms with E-state index in [0.717, 1.165) is 15.8 Å². The number of nitrogens with zero attached hydrogens (tertiary/aromatic N) is 3. The molecule has 1 atom stereocenters. The molecule has 7 nitrogen and oxygen atoms in total. The molecule has 3 aromatic rings. The fourth-order valence-corrected chi connectivity index (χ4v) is 2.84. The summed E-state index contributed by atoms with van der Waals surface area (Å²) < 4.78 is 6.26. The van der Waals surface area contributed by atoms with E-state index < -0.39 is 11.7 Å². The number of aromatic nitrogens is 3. The maximum absolute atomic E-state index is 12.6. The lowest BCUT2D eigenvalue weighted by atomic mass is 10.1. The monoisotopic (exact) mass is 378 g/mol. The first-order chi connectivity index (χ1) is 13.4. The summed E-state index contributed by atoms with van der Waals surface area (Å²) in [5, 5.41) is 6.99. The number of rotatable bonds is 5. The molecule has 28 heavy (non-hydrogen) atoms. The van der Waals surface area contributed by atoms with Crippen LogP contribution in [-0.4, -0.2) is 27.8 Å². The van der Waals surface area contributed by atoms with Crippen LogP contribution in [0.3, 0.4) is 0 Å². The fraction of sp³-hybridized carbons (Fsp3) is 0.238. The maximum atomic E-state index is 12.6. The highest BCUT2D eigenvalue weighted by Gasteiger charge is 2.19. The Bertz CT molecular complexity index is 1080. The van der Waals surface area contributed by atoms with E-state index in [1.165, 1.54) is 6.20 Å². The number of carbonyl (C=O) groups excluding carboxylic acids is 1.